The highest BCUT2D eigenvalue weighted by molar-refractivity contribution is 7.92. The lowest BCUT2D eigenvalue weighted by molar-refractivity contribution is 0.0518. The standard InChI is InChI=1S/C23H27ClFN5O6S/c1-6-10-37(33,34)29-16-9-8-15(24)17(18(16)25)20(31)27-13-11-14-19(26-12-13)30(28-21(14)35-7-2)22(32)36-23(3,4)5/h8-9,11-12,29H,6-7,10H2,1-5H3,(H,27,31). The number of amides is 1. The van der Waals surface area contributed by atoms with Crippen LogP contribution >= 0.6 is 11.6 Å². The Balaban J connectivity index is 1.96. The molecule has 1 aromatic carbocycles. The molecule has 1 amide bonds. The second-order valence-corrected chi connectivity index (χ2v) is 11.1. The highest BCUT2D eigenvalue weighted by Crippen LogP contribution is 2.30. The number of rotatable bonds is 8. The second kappa shape index (κ2) is 10.9. The maximum absolute atomic E-state index is 15.1. The van der Waals surface area contributed by atoms with Crippen molar-refractivity contribution in [1.82, 2.24) is 14.8 Å². The molecular weight excluding hydrogens is 529 g/mol. The Morgan fingerprint density at radius 2 is 1.92 bits per heavy atom. The molecule has 0 aliphatic rings. The molecule has 200 valence electrons. The van der Waals surface area contributed by atoms with Crippen molar-refractivity contribution in [1.29, 1.82) is 0 Å². The zero-order chi connectivity index (χ0) is 27.5. The number of anilines is 2. The number of nitrogens with zero attached hydrogens (tertiary/aromatic N) is 3. The summed E-state index contributed by atoms with van der Waals surface area (Å²) in [6.45, 7) is 8.73. The van der Waals surface area contributed by atoms with Gasteiger partial charge in [-0.25, -0.2) is 22.6 Å². The Labute approximate surface area is 218 Å². The summed E-state index contributed by atoms with van der Waals surface area (Å²) in [4.78, 5) is 29.7. The van der Waals surface area contributed by atoms with Gasteiger partial charge in [0, 0.05) is 0 Å². The van der Waals surface area contributed by atoms with E-state index in [1.165, 1.54) is 18.3 Å². The Hall–Kier alpha value is -3.45. The molecule has 0 fully saturated rings. The van der Waals surface area contributed by atoms with Gasteiger partial charge in [0.25, 0.3) is 5.91 Å². The average Bonchev–Trinajstić information content (AvgIpc) is 3.13. The van der Waals surface area contributed by atoms with Crippen molar-refractivity contribution in [2.24, 2.45) is 0 Å². The summed E-state index contributed by atoms with van der Waals surface area (Å²) in [5.74, 6) is -2.23. The quantitative estimate of drug-likeness (QED) is 0.403. The van der Waals surface area contributed by atoms with E-state index in [0.29, 0.717) is 6.42 Å². The molecular formula is C23H27ClFN5O6S. The third-order valence-corrected chi connectivity index (χ3v) is 6.44. The minimum Gasteiger partial charge on any atom is -0.476 e. The van der Waals surface area contributed by atoms with Crippen molar-refractivity contribution in [3.05, 3.63) is 40.8 Å². The summed E-state index contributed by atoms with van der Waals surface area (Å²) in [6.07, 6.45) is 0.781. The normalized spacial score (nSPS) is 11.9. The van der Waals surface area contributed by atoms with Gasteiger partial charge >= 0.3 is 6.09 Å². The molecule has 0 bridgehead atoms. The van der Waals surface area contributed by atoms with Crippen LogP contribution in [0.5, 0.6) is 5.88 Å². The van der Waals surface area contributed by atoms with Gasteiger partial charge < -0.3 is 14.8 Å². The van der Waals surface area contributed by atoms with Gasteiger partial charge in [-0.2, -0.15) is 0 Å². The molecule has 0 aliphatic carbocycles. The van der Waals surface area contributed by atoms with Gasteiger partial charge in [0.05, 0.1) is 45.9 Å². The molecule has 0 radical (unpaired) electrons. The zero-order valence-electron chi connectivity index (χ0n) is 20.9. The lowest BCUT2D eigenvalue weighted by Crippen LogP contribution is -2.27. The molecule has 0 saturated carbocycles. The fourth-order valence-electron chi connectivity index (χ4n) is 3.24. The molecule has 0 spiro atoms. The monoisotopic (exact) mass is 555 g/mol. The van der Waals surface area contributed by atoms with Crippen LogP contribution in [0.15, 0.2) is 24.4 Å². The summed E-state index contributed by atoms with van der Waals surface area (Å²) < 4.78 is 53.2. The van der Waals surface area contributed by atoms with Gasteiger partial charge in [-0.05, 0) is 52.3 Å². The van der Waals surface area contributed by atoms with Gasteiger partial charge in [-0.1, -0.05) is 18.5 Å². The molecule has 14 heteroatoms. The maximum atomic E-state index is 15.1. The number of hydrogen-bond donors (Lipinski definition) is 2. The summed E-state index contributed by atoms with van der Waals surface area (Å²) in [5, 5.41) is 6.67. The molecule has 11 nitrogen and oxygen atoms in total. The van der Waals surface area contributed by atoms with Crippen molar-refractivity contribution < 1.29 is 31.9 Å². The zero-order valence-corrected chi connectivity index (χ0v) is 22.5. The van der Waals surface area contributed by atoms with Crippen molar-refractivity contribution in [2.45, 2.75) is 46.6 Å². The third kappa shape index (κ3) is 6.66. The van der Waals surface area contributed by atoms with E-state index in [2.05, 4.69) is 20.1 Å². The number of ether oxygens (including phenoxy) is 2. The van der Waals surface area contributed by atoms with Crippen LogP contribution in [0.25, 0.3) is 11.0 Å². The fourth-order valence-corrected chi connectivity index (χ4v) is 4.60. The van der Waals surface area contributed by atoms with Crippen molar-refractivity contribution in [2.75, 3.05) is 22.4 Å². The van der Waals surface area contributed by atoms with Crippen molar-refractivity contribution in [3.63, 3.8) is 0 Å². The predicted octanol–water partition coefficient (Wildman–Crippen LogP) is 4.81. The average molecular weight is 556 g/mol. The number of fused-ring (bicyclic) bond motifs is 1. The fraction of sp³-hybridized carbons (Fsp3) is 0.391. The molecule has 2 heterocycles. The molecule has 3 rings (SSSR count). The van der Waals surface area contributed by atoms with E-state index in [1.807, 2.05) is 0 Å². The topological polar surface area (TPSA) is 142 Å². The number of carbonyl (C=O) groups is 2. The molecule has 0 saturated heterocycles. The molecule has 37 heavy (non-hydrogen) atoms. The molecule has 3 aromatic rings. The van der Waals surface area contributed by atoms with Crippen LogP contribution in [-0.4, -0.2) is 53.1 Å². The van der Waals surface area contributed by atoms with Gasteiger partial charge in [0.2, 0.25) is 15.9 Å². The molecule has 2 aromatic heterocycles. The van der Waals surface area contributed by atoms with E-state index < -0.39 is 44.7 Å². The molecule has 0 aliphatic heterocycles. The minimum absolute atomic E-state index is 0.0727. The number of carbonyl (C=O) groups excluding carboxylic acids is 2. The van der Waals surface area contributed by atoms with Gasteiger partial charge in [-0.3, -0.25) is 9.52 Å². The smallest absolute Gasteiger partial charge is 0.437 e. The number of halogens is 2. The highest BCUT2D eigenvalue weighted by atomic mass is 35.5. The number of hydrogen-bond acceptors (Lipinski definition) is 8. The van der Waals surface area contributed by atoms with Crippen LogP contribution in [0.3, 0.4) is 0 Å². The van der Waals surface area contributed by atoms with E-state index in [-0.39, 0.29) is 40.0 Å². The Bertz CT molecular complexity index is 1450. The molecule has 0 unspecified atom stereocenters. The van der Waals surface area contributed by atoms with Crippen LogP contribution in [0.1, 0.15) is 51.4 Å². The predicted molar refractivity (Wildman–Crippen MR) is 137 cm³/mol. The molecule has 0 atom stereocenters. The lowest BCUT2D eigenvalue weighted by atomic mass is 10.1. The first kappa shape index (κ1) is 28.1. The summed E-state index contributed by atoms with van der Waals surface area (Å²) in [5.41, 5.74) is -1.51. The summed E-state index contributed by atoms with van der Waals surface area (Å²) in [6, 6.07) is 3.79. The van der Waals surface area contributed by atoms with Gasteiger partial charge in [0.15, 0.2) is 11.5 Å². The van der Waals surface area contributed by atoms with E-state index in [4.69, 9.17) is 21.1 Å². The number of nitrogens with one attached hydrogen (secondary N) is 2. The van der Waals surface area contributed by atoms with Crippen molar-refractivity contribution >= 4 is 56.0 Å². The first-order chi connectivity index (χ1) is 17.3. The third-order valence-electron chi connectivity index (χ3n) is 4.65. The van der Waals surface area contributed by atoms with E-state index >= 15 is 4.39 Å². The van der Waals surface area contributed by atoms with Crippen molar-refractivity contribution in [3.8, 4) is 5.88 Å². The number of sulfonamides is 1. The largest absolute Gasteiger partial charge is 0.476 e. The first-order valence-corrected chi connectivity index (χ1v) is 13.3. The number of pyridine rings is 1. The maximum Gasteiger partial charge on any atom is 0.437 e. The van der Waals surface area contributed by atoms with Gasteiger partial charge in [0.1, 0.15) is 5.60 Å². The first-order valence-electron chi connectivity index (χ1n) is 11.3. The van der Waals surface area contributed by atoms with E-state index in [9.17, 15) is 18.0 Å². The lowest BCUT2D eigenvalue weighted by Gasteiger charge is -2.18. The Kier molecular flexibility index (Phi) is 8.28. The van der Waals surface area contributed by atoms with Crippen LogP contribution in [0, 0.1) is 5.82 Å². The summed E-state index contributed by atoms with van der Waals surface area (Å²) >= 11 is 6.07. The summed E-state index contributed by atoms with van der Waals surface area (Å²) in [7, 11) is -3.81. The van der Waals surface area contributed by atoms with E-state index in [0.717, 1.165) is 10.7 Å². The van der Waals surface area contributed by atoms with Gasteiger partial charge in [-0.15, -0.1) is 9.78 Å². The van der Waals surface area contributed by atoms with Crippen LogP contribution in [0.4, 0.5) is 20.6 Å². The second-order valence-electron chi connectivity index (χ2n) is 8.88. The molecule has 2 N–H and O–H groups in total. The Morgan fingerprint density at radius 3 is 2.54 bits per heavy atom. The van der Waals surface area contributed by atoms with E-state index in [1.54, 1.807) is 34.6 Å². The van der Waals surface area contributed by atoms with Crippen LogP contribution in [0.2, 0.25) is 5.02 Å². The highest BCUT2D eigenvalue weighted by Gasteiger charge is 2.25. The minimum atomic E-state index is -3.81. The number of benzene rings is 1. The van der Waals surface area contributed by atoms with Crippen LogP contribution < -0.4 is 14.8 Å². The Morgan fingerprint density at radius 1 is 1.22 bits per heavy atom. The number of aromatic nitrogens is 3. The van der Waals surface area contributed by atoms with Crippen LogP contribution in [-0.2, 0) is 14.8 Å². The SMILES string of the molecule is CCCS(=O)(=O)Nc1ccc(Cl)c(C(=O)Nc2cnc3c(c2)c(OCC)nn3C(=O)OC(C)(C)C)c1F.